The molecule has 3 rings (SSSR count). The summed E-state index contributed by atoms with van der Waals surface area (Å²) in [5.41, 5.74) is 5.36. The monoisotopic (exact) mass is 493 g/mol. The Balaban J connectivity index is 1.69. The fourth-order valence-corrected chi connectivity index (χ4v) is 3.07. The highest BCUT2D eigenvalue weighted by atomic mass is 79.9. The van der Waals surface area contributed by atoms with Crippen molar-refractivity contribution in [1.82, 2.24) is 5.43 Å². The molecule has 2 amide bonds. The van der Waals surface area contributed by atoms with Crippen molar-refractivity contribution in [1.29, 1.82) is 0 Å². The van der Waals surface area contributed by atoms with E-state index in [2.05, 4.69) is 31.8 Å². The molecule has 0 atom stereocenters. The van der Waals surface area contributed by atoms with Crippen LogP contribution < -0.4 is 15.5 Å². The van der Waals surface area contributed by atoms with Gasteiger partial charge < -0.3 is 10.1 Å². The summed E-state index contributed by atoms with van der Waals surface area (Å²) in [4.78, 5) is 35.8. The highest BCUT2D eigenvalue weighted by Gasteiger charge is 2.12. The van der Waals surface area contributed by atoms with Gasteiger partial charge in [0.25, 0.3) is 5.91 Å². The largest absolute Gasteiger partial charge is 0.422 e. The number of ether oxygens (including phenoxy) is 1. The number of nitrogens with zero attached hydrogens (tertiary/aromatic N) is 1. The van der Waals surface area contributed by atoms with Crippen LogP contribution in [0.4, 0.5) is 5.69 Å². The number of anilines is 1. The van der Waals surface area contributed by atoms with Gasteiger partial charge in [0.15, 0.2) is 0 Å². The number of hydrogen-bond acceptors (Lipinski definition) is 5. The molecule has 3 aromatic rings. The van der Waals surface area contributed by atoms with Gasteiger partial charge in [-0.1, -0.05) is 33.6 Å². The molecule has 0 saturated carbocycles. The number of halogens is 1. The molecular formula is C24H20BrN3O4. The van der Waals surface area contributed by atoms with E-state index >= 15 is 0 Å². The molecule has 0 spiro atoms. The van der Waals surface area contributed by atoms with Gasteiger partial charge in [0.2, 0.25) is 5.91 Å². The van der Waals surface area contributed by atoms with Gasteiger partial charge in [-0.05, 0) is 61.5 Å². The van der Waals surface area contributed by atoms with Crippen LogP contribution in [0.15, 0.2) is 76.3 Å². The maximum atomic E-state index is 12.4. The highest BCUT2D eigenvalue weighted by molar-refractivity contribution is 9.10. The number of rotatable bonds is 6. The smallest absolute Gasteiger partial charge is 0.343 e. The molecule has 2 N–H and O–H groups in total. The van der Waals surface area contributed by atoms with E-state index in [9.17, 15) is 14.4 Å². The van der Waals surface area contributed by atoms with Gasteiger partial charge in [0.1, 0.15) is 5.75 Å². The van der Waals surface area contributed by atoms with Crippen molar-refractivity contribution in [2.24, 2.45) is 5.10 Å². The van der Waals surface area contributed by atoms with Crippen LogP contribution in [0.2, 0.25) is 0 Å². The van der Waals surface area contributed by atoms with Crippen molar-refractivity contribution in [3.63, 3.8) is 0 Å². The second-order valence-electron chi connectivity index (χ2n) is 6.90. The number of benzene rings is 3. The summed E-state index contributed by atoms with van der Waals surface area (Å²) in [6.07, 6.45) is 1.39. The minimum atomic E-state index is -0.495. The van der Waals surface area contributed by atoms with E-state index in [1.807, 2.05) is 19.1 Å². The second kappa shape index (κ2) is 10.5. The molecule has 7 nitrogen and oxygen atoms in total. The predicted octanol–water partition coefficient (Wildman–Crippen LogP) is 4.70. The Labute approximate surface area is 193 Å². The third kappa shape index (κ3) is 6.36. The Morgan fingerprint density at radius 2 is 1.59 bits per heavy atom. The molecular weight excluding hydrogens is 474 g/mol. The summed E-state index contributed by atoms with van der Waals surface area (Å²) in [5, 5.41) is 6.61. The molecule has 0 saturated heterocycles. The average molecular weight is 494 g/mol. The number of hydrazone groups is 1. The molecule has 3 aromatic carbocycles. The van der Waals surface area contributed by atoms with Crippen molar-refractivity contribution in [3.05, 3.63) is 93.5 Å². The minimum Gasteiger partial charge on any atom is -0.422 e. The average Bonchev–Trinajstić information content (AvgIpc) is 2.76. The van der Waals surface area contributed by atoms with Gasteiger partial charge in [-0.2, -0.15) is 5.10 Å². The molecule has 32 heavy (non-hydrogen) atoms. The summed E-state index contributed by atoms with van der Waals surface area (Å²) in [6, 6.07) is 18.5. The SMILES string of the molecule is CC(=O)Nc1ccc(C(=O)N/N=C\c2cc(Br)ccc2OC(=O)c2ccc(C)cc2)cc1. The first kappa shape index (κ1) is 22.9. The zero-order valence-electron chi connectivity index (χ0n) is 17.4. The van der Waals surface area contributed by atoms with E-state index in [0.717, 1.165) is 10.0 Å². The quantitative estimate of drug-likeness (QED) is 0.225. The molecule has 0 bridgehead atoms. The number of amides is 2. The standard InChI is InChI=1S/C24H20BrN3O4/c1-15-3-5-18(6-4-15)24(31)32-22-12-9-20(25)13-19(22)14-26-28-23(30)17-7-10-21(11-8-17)27-16(2)29/h3-14H,1-2H3,(H,27,29)(H,28,30)/b26-14-. The number of nitrogens with one attached hydrogen (secondary N) is 2. The van der Waals surface area contributed by atoms with Gasteiger partial charge in [-0.15, -0.1) is 0 Å². The molecule has 0 aromatic heterocycles. The Kier molecular flexibility index (Phi) is 7.51. The van der Waals surface area contributed by atoms with E-state index < -0.39 is 11.9 Å². The Bertz CT molecular complexity index is 1170. The fraction of sp³-hybridized carbons (Fsp3) is 0.0833. The van der Waals surface area contributed by atoms with Crippen molar-refractivity contribution in [3.8, 4) is 5.75 Å². The van der Waals surface area contributed by atoms with Crippen LogP contribution in [-0.2, 0) is 4.79 Å². The van der Waals surface area contributed by atoms with Crippen LogP contribution in [0.1, 0.15) is 38.8 Å². The first-order valence-corrected chi connectivity index (χ1v) is 10.4. The molecule has 0 radical (unpaired) electrons. The molecule has 0 aliphatic rings. The summed E-state index contributed by atoms with van der Waals surface area (Å²) in [6.45, 7) is 3.34. The van der Waals surface area contributed by atoms with E-state index in [-0.39, 0.29) is 5.91 Å². The van der Waals surface area contributed by atoms with Gasteiger partial charge >= 0.3 is 5.97 Å². The van der Waals surface area contributed by atoms with Crippen LogP contribution in [0, 0.1) is 6.92 Å². The van der Waals surface area contributed by atoms with Crippen molar-refractivity contribution in [2.45, 2.75) is 13.8 Å². The molecule has 0 aliphatic heterocycles. The van der Waals surface area contributed by atoms with Gasteiger partial charge in [0.05, 0.1) is 11.8 Å². The first-order chi connectivity index (χ1) is 15.3. The van der Waals surface area contributed by atoms with Crippen LogP contribution in [0.3, 0.4) is 0 Å². The third-order valence-electron chi connectivity index (χ3n) is 4.30. The molecule has 162 valence electrons. The van der Waals surface area contributed by atoms with E-state index in [4.69, 9.17) is 4.74 Å². The van der Waals surface area contributed by atoms with Gasteiger partial charge in [-0.25, -0.2) is 10.2 Å². The Morgan fingerprint density at radius 3 is 2.25 bits per heavy atom. The number of carbonyl (C=O) groups excluding carboxylic acids is 3. The predicted molar refractivity (Wildman–Crippen MR) is 126 cm³/mol. The van der Waals surface area contributed by atoms with Crippen LogP contribution in [0.5, 0.6) is 5.75 Å². The lowest BCUT2D eigenvalue weighted by Crippen LogP contribution is -2.18. The van der Waals surface area contributed by atoms with E-state index in [0.29, 0.717) is 28.1 Å². The lowest BCUT2D eigenvalue weighted by Gasteiger charge is -2.08. The molecule has 0 unspecified atom stereocenters. The van der Waals surface area contributed by atoms with Crippen molar-refractivity contribution < 1.29 is 19.1 Å². The van der Waals surface area contributed by atoms with Gasteiger partial charge in [0, 0.05) is 28.2 Å². The number of carbonyl (C=O) groups is 3. The highest BCUT2D eigenvalue weighted by Crippen LogP contribution is 2.23. The topological polar surface area (TPSA) is 96.9 Å². The van der Waals surface area contributed by atoms with Crippen LogP contribution in [0.25, 0.3) is 0 Å². The second-order valence-corrected chi connectivity index (χ2v) is 7.81. The molecule has 0 fully saturated rings. The zero-order valence-corrected chi connectivity index (χ0v) is 19.0. The maximum Gasteiger partial charge on any atom is 0.343 e. The summed E-state index contributed by atoms with van der Waals surface area (Å²) in [5.74, 6) is -0.815. The Morgan fingerprint density at radius 1 is 0.938 bits per heavy atom. The van der Waals surface area contributed by atoms with E-state index in [1.165, 1.54) is 13.1 Å². The number of esters is 1. The maximum absolute atomic E-state index is 12.4. The van der Waals surface area contributed by atoms with E-state index in [1.54, 1.807) is 54.6 Å². The fourth-order valence-electron chi connectivity index (χ4n) is 2.69. The molecule has 0 heterocycles. The summed E-state index contributed by atoms with van der Waals surface area (Å²) in [7, 11) is 0. The first-order valence-electron chi connectivity index (χ1n) is 9.61. The lowest BCUT2D eigenvalue weighted by molar-refractivity contribution is -0.114. The van der Waals surface area contributed by atoms with Gasteiger partial charge in [-0.3, -0.25) is 9.59 Å². The lowest BCUT2D eigenvalue weighted by atomic mass is 10.1. The number of aryl methyl sites for hydroxylation is 1. The normalized spacial score (nSPS) is 10.6. The number of hydrogen-bond donors (Lipinski definition) is 2. The van der Waals surface area contributed by atoms with Crippen molar-refractivity contribution >= 4 is 45.6 Å². The summed E-state index contributed by atoms with van der Waals surface area (Å²) >= 11 is 3.38. The van der Waals surface area contributed by atoms with Crippen LogP contribution >= 0.6 is 15.9 Å². The van der Waals surface area contributed by atoms with Crippen LogP contribution in [-0.4, -0.2) is 24.0 Å². The minimum absolute atomic E-state index is 0.195. The molecule has 0 aliphatic carbocycles. The third-order valence-corrected chi connectivity index (χ3v) is 4.79. The Hall–Kier alpha value is -3.78. The molecule has 8 heteroatoms. The zero-order chi connectivity index (χ0) is 23.1. The van der Waals surface area contributed by atoms with Crippen molar-refractivity contribution in [2.75, 3.05) is 5.32 Å². The summed E-state index contributed by atoms with van der Waals surface area (Å²) < 4.78 is 6.27.